The lowest BCUT2D eigenvalue weighted by Gasteiger charge is -2.34. The van der Waals surface area contributed by atoms with Crippen LogP contribution in [0, 0.1) is 11.8 Å². The van der Waals surface area contributed by atoms with Gasteiger partial charge < -0.3 is 19.3 Å². The van der Waals surface area contributed by atoms with Gasteiger partial charge in [0, 0.05) is 25.7 Å². The molecule has 0 bridgehead atoms. The van der Waals surface area contributed by atoms with E-state index < -0.39 is 6.43 Å². The van der Waals surface area contributed by atoms with Crippen LogP contribution in [0.3, 0.4) is 0 Å². The third kappa shape index (κ3) is 6.17. The summed E-state index contributed by atoms with van der Waals surface area (Å²) < 4.78 is 41.4. The number of morpholine rings is 1. The van der Waals surface area contributed by atoms with Gasteiger partial charge in [-0.3, -0.25) is 4.57 Å². The van der Waals surface area contributed by atoms with Gasteiger partial charge in [0.25, 0.3) is 6.43 Å². The lowest BCUT2D eigenvalue weighted by molar-refractivity contribution is 0.121. The number of alkyl halides is 2. The van der Waals surface area contributed by atoms with Crippen molar-refractivity contribution in [2.24, 2.45) is 11.8 Å². The standard InChI is InChI=1S/C29H38F2N6O2/c30-27(31)28-32-23-6-2-3-7-24(23)37(28)25-18-26(34-29(33-25)36-14-16-38-17-15-36)39-20-22-10-8-21(9-11-22)19-35-12-4-1-5-13-35/h2-3,6-7,18,21-22,27H,1,4-5,8-17,19-20H2. The van der Waals surface area contributed by atoms with E-state index in [1.807, 2.05) is 11.0 Å². The van der Waals surface area contributed by atoms with Gasteiger partial charge in [0.05, 0.1) is 30.9 Å². The minimum absolute atomic E-state index is 0.333. The summed E-state index contributed by atoms with van der Waals surface area (Å²) in [5, 5.41) is 0. The number of likely N-dealkylation sites (tertiary alicyclic amines) is 1. The van der Waals surface area contributed by atoms with Crippen molar-refractivity contribution in [3.8, 4) is 11.7 Å². The third-order valence-electron chi connectivity index (χ3n) is 8.38. The molecule has 0 radical (unpaired) electrons. The van der Waals surface area contributed by atoms with Crippen LogP contribution in [-0.2, 0) is 4.74 Å². The van der Waals surface area contributed by atoms with Gasteiger partial charge in [0.15, 0.2) is 5.82 Å². The Bertz CT molecular complexity index is 1230. The van der Waals surface area contributed by atoms with Gasteiger partial charge in [-0.15, -0.1) is 0 Å². The molecule has 0 amide bonds. The Morgan fingerprint density at radius 1 is 0.897 bits per heavy atom. The molecule has 6 rings (SSSR count). The van der Waals surface area contributed by atoms with E-state index in [0.717, 1.165) is 18.8 Å². The Balaban J connectivity index is 1.20. The Morgan fingerprint density at radius 2 is 1.64 bits per heavy atom. The molecule has 1 aromatic carbocycles. The van der Waals surface area contributed by atoms with Crippen molar-refractivity contribution in [1.82, 2.24) is 24.4 Å². The fraction of sp³-hybridized carbons (Fsp3) is 0.621. The molecule has 0 atom stereocenters. The summed E-state index contributed by atoms with van der Waals surface area (Å²) in [6.45, 7) is 6.72. The number of fused-ring (bicyclic) bond motifs is 1. The van der Waals surface area contributed by atoms with Crippen LogP contribution in [0.1, 0.15) is 57.2 Å². The molecule has 0 spiro atoms. The zero-order valence-electron chi connectivity index (χ0n) is 22.5. The fourth-order valence-corrected chi connectivity index (χ4v) is 6.22. The van der Waals surface area contributed by atoms with Crippen LogP contribution in [0.5, 0.6) is 5.88 Å². The molecular formula is C29H38F2N6O2. The van der Waals surface area contributed by atoms with Gasteiger partial charge in [-0.1, -0.05) is 18.6 Å². The van der Waals surface area contributed by atoms with Crippen LogP contribution >= 0.6 is 0 Å². The molecule has 1 aliphatic carbocycles. The predicted molar refractivity (Wildman–Crippen MR) is 146 cm³/mol. The molecule has 210 valence electrons. The number of benzene rings is 1. The normalized spacial score (nSPS) is 23.0. The van der Waals surface area contributed by atoms with Crippen molar-refractivity contribution < 1.29 is 18.3 Å². The van der Waals surface area contributed by atoms with E-state index in [-0.39, 0.29) is 5.82 Å². The molecule has 0 unspecified atom stereocenters. The molecule has 2 aromatic heterocycles. The van der Waals surface area contributed by atoms with E-state index in [1.54, 1.807) is 24.3 Å². The lowest BCUT2D eigenvalue weighted by Crippen LogP contribution is -2.37. The molecule has 2 saturated heterocycles. The molecule has 2 aliphatic heterocycles. The van der Waals surface area contributed by atoms with Crippen molar-refractivity contribution in [1.29, 1.82) is 0 Å². The summed E-state index contributed by atoms with van der Waals surface area (Å²) in [7, 11) is 0. The summed E-state index contributed by atoms with van der Waals surface area (Å²) in [6.07, 6.45) is 6.06. The Kier molecular flexibility index (Phi) is 8.20. The predicted octanol–water partition coefficient (Wildman–Crippen LogP) is 5.26. The second-order valence-electron chi connectivity index (χ2n) is 11.1. The summed E-state index contributed by atoms with van der Waals surface area (Å²) >= 11 is 0. The quantitative estimate of drug-likeness (QED) is 0.386. The number of ether oxygens (including phenoxy) is 2. The van der Waals surface area contributed by atoms with Crippen LogP contribution in [0.4, 0.5) is 14.7 Å². The number of hydrogen-bond donors (Lipinski definition) is 0. The molecule has 1 saturated carbocycles. The van der Waals surface area contributed by atoms with Crippen LogP contribution < -0.4 is 9.64 Å². The number of anilines is 1. The molecule has 8 nitrogen and oxygen atoms in total. The minimum Gasteiger partial charge on any atom is -0.477 e. The second-order valence-corrected chi connectivity index (χ2v) is 11.1. The SMILES string of the molecule is FC(F)c1nc2ccccc2n1-c1cc(OCC2CCC(CN3CCCCC3)CC2)nc(N2CCOCC2)n1. The summed E-state index contributed by atoms with van der Waals surface area (Å²) in [5.74, 6) is 2.14. The van der Waals surface area contributed by atoms with E-state index >= 15 is 0 Å². The number of aromatic nitrogens is 4. The lowest BCUT2D eigenvalue weighted by atomic mass is 9.82. The van der Waals surface area contributed by atoms with Gasteiger partial charge in [0.2, 0.25) is 11.8 Å². The monoisotopic (exact) mass is 540 g/mol. The number of imidazole rings is 1. The highest BCUT2D eigenvalue weighted by Crippen LogP contribution is 2.32. The average molecular weight is 541 g/mol. The molecule has 10 heteroatoms. The number of rotatable bonds is 8. The first-order valence-electron chi connectivity index (χ1n) is 14.5. The maximum atomic E-state index is 14.1. The molecule has 3 fully saturated rings. The Hall–Kier alpha value is -2.85. The summed E-state index contributed by atoms with van der Waals surface area (Å²) in [4.78, 5) is 18.3. The van der Waals surface area contributed by atoms with Gasteiger partial charge in [-0.2, -0.15) is 9.97 Å². The van der Waals surface area contributed by atoms with E-state index in [1.165, 1.54) is 56.3 Å². The van der Waals surface area contributed by atoms with Crippen LogP contribution in [0.15, 0.2) is 30.3 Å². The highest BCUT2D eigenvalue weighted by Gasteiger charge is 2.26. The first-order chi connectivity index (χ1) is 19.1. The van der Waals surface area contributed by atoms with Gasteiger partial charge in [-0.25, -0.2) is 13.8 Å². The number of piperidine rings is 1. The number of nitrogens with zero attached hydrogens (tertiary/aromatic N) is 6. The number of hydrogen-bond acceptors (Lipinski definition) is 7. The van der Waals surface area contributed by atoms with Gasteiger partial charge >= 0.3 is 0 Å². The zero-order valence-corrected chi connectivity index (χ0v) is 22.5. The Morgan fingerprint density at radius 3 is 2.41 bits per heavy atom. The fourth-order valence-electron chi connectivity index (χ4n) is 6.22. The van der Waals surface area contributed by atoms with E-state index in [0.29, 0.717) is 67.5 Å². The van der Waals surface area contributed by atoms with E-state index in [2.05, 4.69) is 9.88 Å². The summed E-state index contributed by atoms with van der Waals surface area (Å²) in [6, 6.07) is 8.81. The highest BCUT2D eigenvalue weighted by molar-refractivity contribution is 5.78. The smallest absolute Gasteiger partial charge is 0.296 e. The highest BCUT2D eigenvalue weighted by atomic mass is 19.3. The van der Waals surface area contributed by atoms with E-state index in [9.17, 15) is 8.78 Å². The average Bonchev–Trinajstić information content (AvgIpc) is 3.38. The minimum atomic E-state index is -2.75. The van der Waals surface area contributed by atoms with Crippen LogP contribution in [0.2, 0.25) is 0 Å². The number of para-hydroxylation sites is 2. The molecule has 0 N–H and O–H groups in total. The van der Waals surface area contributed by atoms with Crippen LogP contribution in [0.25, 0.3) is 16.9 Å². The van der Waals surface area contributed by atoms with Crippen molar-refractivity contribution in [2.45, 2.75) is 51.4 Å². The summed E-state index contributed by atoms with van der Waals surface area (Å²) in [5.41, 5.74) is 1.08. The maximum Gasteiger partial charge on any atom is 0.296 e. The van der Waals surface area contributed by atoms with Crippen molar-refractivity contribution in [2.75, 3.05) is 57.4 Å². The zero-order chi connectivity index (χ0) is 26.6. The maximum absolute atomic E-state index is 14.1. The van der Waals surface area contributed by atoms with E-state index in [4.69, 9.17) is 19.4 Å². The van der Waals surface area contributed by atoms with Crippen molar-refractivity contribution >= 4 is 17.0 Å². The second kappa shape index (κ2) is 12.1. The Labute approximate surface area is 228 Å². The first kappa shape index (κ1) is 26.4. The van der Waals surface area contributed by atoms with Crippen molar-refractivity contribution in [3.63, 3.8) is 0 Å². The third-order valence-corrected chi connectivity index (χ3v) is 8.38. The molecular weight excluding hydrogens is 502 g/mol. The number of halogens is 2. The molecule has 3 aromatic rings. The van der Waals surface area contributed by atoms with Gasteiger partial charge in [-0.05, 0) is 75.6 Å². The van der Waals surface area contributed by atoms with Crippen LogP contribution in [-0.4, -0.2) is 77.0 Å². The molecule has 39 heavy (non-hydrogen) atoms. The molecule has 3 aliphatic rings. The largest absolute Gasteiger partial charge is 0.477 e. The van der Waals surface area contributed by atoms with Gasteiger partial charge in [0.1, 0.15) is 5.82 Å². The molecule has 4 heterocycles. The van der Waals surface area contributed by atoms with Crippen molar-refractivity contribution in [3.05, 3.63) is 36.2 Å². The topological polar surface area (TPSA) is 68.5 Å². The first-order valence-corrected chi connectivity index (χ1v) is 14.5.